The molecule has 3 N–H and O–H groups in total. The first-order chi connectivity index (χ1) is 13.0. The van der Waals surface area contributed by atoms with E-state index in [1.165, 1.54) is 12.1 Å². The van der Waals surface area contributed by atoms with Crippen LogP contribution in [0.15, 0.2) is 53.5 Å². The summed E-state index contributed by atoms with van der Waals surface area (Å²) in [5.41, 5.74) is 0.985. The van der Waals surface area contributed by atoms with Crippen molar-refractivity contribution in [2.75, 3.05) is 18.4 Å². The largest absolute Gasteiger partial charge is 0.416 e. The summed E-state index contributed by atoms with van der Waals surface area (Å²) < 4.78 is 39.8. The van der Waals surface area contributed by atoms with Gasteiger partial charge in [0.2, 0.25) is 0 Å². The predicted octanol–water partition coefficient (Wildman–Crippen LogP) is 4.07. The molecule has 1 fully saturated rings. The van der Waals surface area contributed by atoms with Crippen LogP contribution in [-0.4, -0.2) is 24.5 Å². The van der Waals surface area contributed by atoms with E-state index in [1.807, 2.05) is 24.3 Å². The second-order valence-electron chi connectivity index (χ2n) is 6.94. The van der Waals surface area contributed by atoms with E-state index in [0.29, 0.717) is 5.84 Å². The van der Waals surface area contributed by atoms with Crippen molar-refractivity contribution in [1.82, 2.24) is 10.6 Å². The van der Waals surface area contributed by atoms with Gasteiger partial charge in [0.05, 0.1) is 22.5 Å². The quantitative estimate of drug-likeness (QED) is 0.743. The number of rotatable bonds is 2. The maximum Gasteiger partial charge on any atom is 0.416 e. The van der Waals surface area contributed by atoms with Crippen LogP contribution in [0.1, 0.15) is 24.0 Å². The third kappa shape index (κ3) is 3.51. The summed E-state index contributed by atoms with van der Waals surface area (Å²) in [6, 6.07) is 13.4. The minimum atomic E-state index is -4.37. The highest BCUT2D eigenvalue weighted by atomic mass is 19.4. The zero-order valence-corrected chi connectivity index (χ0v) is 14.7. The first-order valence-electron chi connectivity index (χ1n) is 9.04. The van der Waals surface area contributed by atoms with E-state index in [1.54, 1.807) is 6.07 Å². The number of nitrogens with zero attached hydrogens (tertiary/aromatic N) is 1. The smallest absolute Gasteiger partial charge is 0.371 e. The highest BCUT2D eigenvalue weighted by molar-refractivity contribution is 6.00. The number of para-hydroxylation sites is 2. The lowest BCUT2D eigenvalue weighted by Crippen LogP contribution is -2.58. The monoisotopic (exact) mass is 374 g/mol. The number of aliphatic imine (C=N–C) groups is 1. The van der Waals surface area contributed by atoms with Crippen LogP contribution in [0.4, 0.5) is 24.5 Å². The summed E-state index contributed by atoms with van der Waals surface area (Å²) in [4.78, 5) is 4.76. The zero-order valence-electron chi connectivity index (χ0n) is 14.7. The molecular formula is C20H21F3N4. The minimum Gasteiger partial charge on any atom is -0.371 e. The third-order valence-corrected chi connectivity index (χ3v) is 5.19. The molecule has 0 unspecified atom stereocenters. The number of alkyl halides is 3. The van der Waals surface area contributed by atoms with E-state index in [4.69, 9.17) is 4.99 Å². The SMILES string of the molecule is FC(F)(F)c1ccccc1CNC1=Nc2ccccc2NC12CCNCC2. The number of fused-ring (bicyclic) bond motifs is 1. The number of nitrogens with one attached hydrogen (secondary N) is 3. The molecule has 4 nitrogen and oxygen atoms in total. The summed E-state index contributed by atoms with van der Waals surface area (Å²) in [6.45, 7) is 1.73. The van der Waals surface area contributed by atoms with E-state index in [-0.39, 0.29) is 17.6 Å². The normalized spacial score (nSPS) is 18.4. The number of halogens is 3. The van der Waals surface area contributed by atoms with Crippen molar-refractivity contribution in [1.29, 1.82) is 0 Å². The number of piperidine rings is 1. The van der Waals surface area contributed by atoms with Crippen LogP contribution < -0.4 is 16.0 Å². The molecule has 142 valence electrons. The van der Waals surface area contributed by atoms with Gasteiger partial charge in [-0.1, -0.05) is 30.3 Å². The van der Waals surface area contributed by atoms with Gasteiger partial charge < -0.3 is 16.0 Å². The molecule has 2 aromatic carbocycles. The van der Waals surface area contributed by atoms with Gasteiger partial charge in [0.15, 0.2) is 0 Å². The molecular weight excluding hydrogens is 353 g/mol. The zero-order chi connectivity index (χ0) is 18.9. The van der Waals surface area contributed by atoms with E-state index in [0.717, 1.165) is 43.4 Å². The Kier molecular flexibility index (Phi) is 4.55. The van der Waals surface area contributed by atoms with Crippen LogP contribution in [0.5, 0.6) is 0 Å². The number of anilines is 1. The molecule has 27 heavy (non-hydrogen) atoms. The van der Waals surface area contributed by atoms with Crippen molar-refractivity contribution in [2.24, 2.45) is 4.99 Å². The molecule has 0 amide bonds. The topological polar surface area (TPSA) is 48.5 Å². The summed E-state index contributed by atoms with van der Waals surface area (Å²) >= 11 is 0. The standard InChI is InChI=1S/C20H21F3N4/c21-20(22,23)15-6-2-1-5-14(15)13-25-18-19(9-11-24-12-10-19)27-17-8-4-3-7-16(17)26-18/h1-8,24,27H,9-13H2,(H,25,26). The number of amidine groups is 1. The van der Waals surface area contributed by atoms with Crippen LogP contribution in [0, 0.1) is 0 Å². The van der Waals surface area contributed by atoms with Gasteiger partial charge in [-0.3, -0.25) is 0 Å². The molecule has 0 atom stereocenters. The maximum absolute atomic E-state index is 13.3. The van der Waals surface area contributed by atoms with Gasteiger partial charge >= 0.3 is 6.18 Å². The molecule has 0 saturated carbocycles. The Labute approximate surface area is 155 Å². The predicted molar refractivity (Wildman–Crippen MR) is 100 cm³/mol. The average molecular weight is 374 g/mol. The van der Waals surface area contributed by atoms with Gasteiger partial charge in [0, 0.05) is 6.54 Å². The summed E-state index contributed by atoms with van der Waals surface area (Å²) in [7, 11) is 0. The van der Waals surface area contributed by atoms with E-state index < -0.39 is 11.7 Å². The lowest BCUT2D eigenvalue weighted by Gasteiger charge is -2.43. The van der Waals surface area contributed by atoms with Gasteiger partial charge in [-0.05, 0) is 49.7 Å². The van der Waals surface area contributed by atoms with Crippen LogP contribution in [0.3, 0.4) is 0 Å². The molecule has 0 bridgehead atoms. The van der Waals surface area contributed by atoms with Crippen molar-refractivity contribution in [3.05, 3.63) is 59.7 Å². The molecule has 2 aromatic rings. The van der Waals surface area contributed by atoms with Crippen molar-refractivity contribution in [3.8, 4) is 0 Å². The third-order valence-electron chi connectivity index (χ3n) is 5.19. The number of hydrogen-bond donors (Lipinski definition) is 3. The Morgan fingerprint density at radius 2 is 1.70 bits per heavy atom. The molecule has 2 aliphatic heterocycles. The minimum absolute atomic E-state index is 0.0769. The van der Waals surface area contributed by atoms with Crippen molar-refractivity contribution < 1.29 is 13.2 Å². The Bertz CT molecular complexity index is 854. The lowest BCUT2D eigenvalue weighted by atomic mass is 9.85. The van der Waals surface area contributed by atoms with Crippen LogP contribution in [0.2, 0.25) is 0 Å². The van der Waals surface area contributed by atoms with E-state index in [2.05, 4.69) is 16.0 Å². The van der Waals surface area contributed by atoms with Crippen molar-refractivity contribution >= 4 is 17.2 Å². The second kappa shape index (κ2) is 6.88. The first kappa shape index (κ1) is 17.9. The Morgan fingerprint density at radius 1 is 1.00 bits per heavy atom. The Morgan fingerprint density at radius 3 is 2.48 bits per heavy atom. The first-order valence-corrected chi connectivity index (χ1v) is 9.04. The fourth-order valence-corrected chi connectivity index (χ4v) is 3.78. The molecule has 2 aliphatic rings. The van der Waals surface area contributed by atoms with E-state index in [9.17, 15) is 13.2 Å². The van der Waals surface area contributed by atoms with Crippen molar-refractivity contribution in [3.63, 3.8) is 0 Å². The molecule has 0 radical (unpaired) electrons. The Hall–Kier alpha value is -2.54. The number of benzene rings is 2. The highest BCUT2D eigenvalue weighted by Crippen LogP contribution is 2.37. The molecule has 1 spiro atoms. The summed E-state index contributed by atoms with van der Waals surface area (Å²) in [6.07, 6.45) is -2.74. The average Bonchev–Trinajstić information content (AvgIpc) is 2.66. The van der Waals surface area contributed by atoms with Gasteiger partial charge in [-0.2, -0.15) is 13.2 Å². The molecule has 2 heterocycles. The second-order valence-corrected chi connectivity index (χ2v) is 6.94. The van der Waals surface area contributed by atoms with Crippen molar-refractivity contribution in [2.45, 2.75) is 31.1 Å². The summed E-state index contributed by atoms with van der Waals surface area (Å²) in [5, 5.41) is 10.1. The molecule has 0 aromatic heterocycles. The maximum atomic E-state index is 13.3. The van der Waals surface area contributed by atoms with E-state index >= 15 is 0 Å². The fourth-order valence-electron chi connectivity index (χ4n) is 3.78. The number of hydrogen-bond acceptors (Lipinski definition) is 4. The molecule has 4 rings (SSSR count). The van der Waals surface area contributed by atoms with Gasteiger partial charge in [-0.25, -0.2) is 4.99 Å². The molecule has 0 aliphatic carbocycles. The van der Waals surface area contributed by atoms with Crippen LogP contribution >= 0.6 is 0 Å². The Balaban J connectivity index is 1.64. The summed E-state index contributed by atoms with van der Waals surface area (Å²) in [5.74, 6) is 0.708. The van der Waals surface area contributed by atoms with Crippen LogP contribution in [-0.2, 0) is 12.7 Å². The fraction of sp³-hybridized carbons (Fsp3) is 0.350. The van der Waals surface area contributed by atoms with Gasteiger partial charge in [0.1, 0.15) is 5.84 Å². The lowest BCUT2D eigenvalue weighted by molar-refractivity contribution is -0.138. The van der Waals surface area contributed by atoms with Gasteiger partial charge in [0.25, 0.3) is 0 Å². The van der Waals surface area contributed by atoms with Crippen LogP contribution in [0.25, 0.3) is 0 Å². The molecule has 7 heteroatoms. The highest BCUT2D eigenvalue weighted by Gasteiger charge is 2.40. The van der Waals surface area contributed by atoms with Gasteiger partial charge in [-0.15, -0.1) is 0 Å². The molecule has 1 saturated heterocycles.